The monoisotopic (exact) mass is 213 g/mol. The van der Waals surface area contributed by atoms with Gasteiger partial charge in [0.2, 0.25) is 0 Å². The molecule has 3 heteroatoms. The molecule has 0 radical (unpaired) electrons. The third kappa shape index (κ3) is 1.41. The number of furan rings is 1. The Morgan fingerprint density at radius 2 is 2.12 bits per heavy atom. The van der Waals surface area contributed by atoms with E-state index in [4.69, 9.17) is 4.42 Å². The third-order valence-corrected chi connectivity index (χ3v) is 2.76. The smallest absolute Gasteiger partial charge is 0.159 e. The minimum atomic E-state index is 0.166. The fourth-order valence-corrected chi connectivity index (χ4v) is 1.96. The zero-order valence-electron chi connectivity index (χ0n) is 8.69. The highest BCUT2D eigenvalue weighted by Gasteiger charge is 2.14. The molecule has 0 saturated heterocycles. The summed E-state index contributed by atoms with van der Waals surface area (Å²) >= 11 is 0. The summed E-state index contributed by atoms with van der Waals surface area (Å²) in [7, 11) is 0. The molecular weight excluding hydrogens is 202 g/mol. The van der Waals surface area contributed by atoms with E-state index in [2.05, 4.69) is 5.32 Å². The van der Waals surface area contributed by atoms with Crippen molar-refractivity contribution in [3.8, 4) is 0 Å². The second kappa shape index (κ2) is 3.52. The van der Waals surface area contributed by atoms with Crippen LogP contribution in [0.3, 0.4) is 0 Å². The Morgan fingerprint density at radius 1 is 1.25 bits per heavy atom. The van der Waals surface area contributed by atoms with E-state index in [9.17, 15) is 4.79 Å². The predicted molar refractivity (Wildman–Crippen MR) is 61.8 cm³/mol. The van der Waals surface area contributed by atoms with Crippen LogP contribution < -0.4 is 5.32 Å². The first-order chi connectivity index (χ1) is 7.84. The molecule has 0 atom stereocenters. The molecule has 1 aliphatic heterocycles. The maximum absolute atomic E-state index is 11.4. The Labute approximate surface area is 92.7 Å². The van der Waals surface area contributed by atoms with Crippen LogP contribution in [-0.2, 0) is 4.79 Å². The highest BCUT2D eigenvalue weighted by Crippen LogP contribution is 2.26. The molecule has 3 nitrogen and oxygen atoms in total. The van der Waals surface area contributed by atoms with Gasteiger partial charge in [-0.3, -0.25) is 4.79 Å². The van der Waals surface area contributed by atoms with Gasteiger partial charge in [-0.25, -0.2) is 0 Å². The van der Waals surface area contributed by atoms with Gasteiger partial charge in [0.1, 0.15) is 11.8 Å². The van der Waals surface area contributed by atoms with E-state index in [1.54, 1.807) is 12.3 Å². The lowest BCUT2D eigenvalue weighted by molar-refractivity contribution is -0.114. The largest absolute Gasteiger partial charge is 0.464 e. The van der Waals surface area contributed by atoms with Crippen LogP contribution in [0.1, 0.15) is 12.0 Å². The first kappa shape index (κ1) is 9.21. The van der Waals surface area contributed by atoms with Crippen LogP contribution in [0.2, 0.25) is 0 Å². The number of ketones is 1. The van der Waals surface area contributed by atoms with Crippen molar-refractivity contribution in [3.63, 3.8) is 0 Å². The summed E-state index contributed by atoms with van der Waals surface area (Å²) in [4.78, 5) is 11.4. The van der Waals surface area contributed by atoms with Crippen LogP contribution in [0, 0.1) is 0 Å². The van der Waals surface area contributed by atoms with Gasteiger partial charge in [0.05, 0.1) is 0 Å². The highest BCUT2D eigenvalue weighted by atomic mass is 16.3. The SMILES string of the molecule is O=C1C=C(c2coc3ccccc23)NCC1. The summed E-state index contributed by atoms with van der Waals surface area (Å²) in [5.74, 6) is 0.166. The topological polar surface area (TPSA) is 42.2 Å². The van der Waals surface area contributed by atoms with Crippen molar-refractivity contribution in [2.45, 2.75) is 6.42 Å². The number of fused-ring (bicyclic) bond motifs is 1. The molecule has 0 aliphatic carbocycles. The Morgan fingerprint density at radius 3 is 3.00 bits per heavy atom. The fourth-order valence-electron chi connectivity index (χ4n) is 1.96. The van der Waals surface area contributed by atoms with Crippen LogP contribution in [-0.4, -0.2) is 12.3 Å². The van der Waals surface area contributed by atoms with Crippen LogP contribution in [0.5, 0.6) is 0 Å². The van der Waals surface area contributed by atoms with Crippen molar-refractivity contribution in [1.29, 1.82) is 0 Å². The van der Waals surface area contributed by atoms with Gasteiger partial charge in [0, 0.05) is 35.7 Å². The van der Waals surface area contributed by atoms with Crippen molar-refractivity contribution in [1.82, 2.24) is 5.32 Å². The van der Waals surface area contributed by atoms with Gasteiger partial charge in [0.25, 0.3) is 0 Å². The second-order valence-corrected chi connectivity index (χ2v) is 3.85. The molecule has 0 amide bonds. The summed E-state index contributed by atoms with van der Waals surface area (Å²) < 4.78 is 5.45. The molecule has 0 bridgehead atoms. The number of carbonyl (C=O) groups is 1. The molecule has 1 N–H and O–H groups in total. The summed E-state index contributed by atoms with van der Waals surface area (Å²) in [5, 5.41) is 4.26. The van der Waals surface area contributed by atoms with Crippen molar-refractivity contribution in [2.75, 3.05) is 6.54 Å². The molecule has 80 valence electrons. The molecular formula is C13H11NO2. The Bertz CT molecular complexity index is 580. The molecule has 1 aromatic heterocycles. The molecule has 0 spiro atoms. The minimum Gasteiger partial charge on any atom is -0.464 e. The van der Waals surface area contributed by atoms with E-state index in [0.717, 1.165) is 22.2 Å². The molecule has 0 saturated carbocycles. The maximum atomic E-state index is 11.4. The normalized spacial score (nSPS) is 16.0. The zero-order chi connectivity index (χ0) is 11.0. The van der Waals surface area contributed by atoms with E-state index in [0.29, 0.717) is 13.0 Å². The van der Waals surface area contributed by atoms with Gasteiger partial charge in [0.15, 0.2) is 5.78 Å². The van der Waals surface area contributed by atoms with Gasteiger partial charge in [-0.05, 0) is 6.07 Å². The molecule has 1 aliphatic rings. The van der Waals surface area contributed by atoms with E-state index < -0.39 is 0 Å². The molecule has 3 rings (SSSR count). The van der Waals surface area contributed by atoms with Gasteiger partial charge in [-0.2, -0.15) is 0 Å². The first-order valence-electron chi connectivity index (χ1n) is 5.29. The summed E-state index contributed by atoms with van der Waals surface area (Å²) in [6.07, 6.45) is 3.92. The van der Waals surface area contributed by atoms with E-state index in [-0.39, 0.29) is 5.78 Å². The maximum Gasteiger partial charge on any atom is 0.159 e. The molecule has 16 heavy (non-hydrogen) atoms. The van der Waals surface area contributed by atoms with Crippen molar-refractivity contribution in [2.24, 2.45) is 0 Å². The van der Waals surface area contributed by atoms with E-state index in [1.807, 2.05) is 24.3 Å². The zero-order valence-corrected chi connectivity index (χ0v) is 8.69. The lowest BCUT2D eigenvalue weighted by atomic mass is 10.1. The van der Waals surface area contributed by atoms with Crippen LogP contribution in [0.15, 0.2) is 41.0 Å². The van der Waals surface area contributed by atoms with Gasteiger partial charge >= 0.3 is 0 Å². The first-order valence-corrected chi connectivity index (χ1v) is 5.29. The third-order valence-electron chi connectivity index (χ3n) is 2.76. The number of nitrogens with one attached hydrogen (secondary N) is 1. The number of para-hydroxylation sites is 1. The van der Waals surface area contributed by atoms with Crippen molar-refractivity contribution in [3.05, 3.63) is 42.2 Å². The van der Waals surface area contributed by atoms with E-state index in [1.165, 1.54) is 0 Å². The second-order valence-electron chi connectivity index (χ2n) is 3.85. The quantitative estimate of drug-likeness (QED) is 0.790. The van der Waals surface area contributed by atoms with Crippen molar-refractivity contribution < 1.29 is 9.21 Å². The Balaban J connectivity index is 2.15. The summed E-state index contributed by atoms with van der Waals surface area (Å²) in [5.41, 5.74) is 2.67. The lowest BCUT2D eigenvalue weighted by Crippen LogP contribution is -2.22. The van der Waals surface area contributed by atoms with Gasteiger partial charge < -0.3 is 9.73 Å². The average molecular weight is 213 g/mol. The number of rotatable bonds is 1. The minimum absolute atomic E-state index is 0.166. The van der Waals surface area contributed by atoms with Crippen LogP contribution in [0.25, 0.3) is 16.7 Å². The standard InChI is InChI=1S/C13H11NO2/c15-9-5-6-14-12(7-9)11-8-16-13-4-2-1-3-10(11)13/h1-4,7-8,14H,5-6H2. The van der Waals surface area contributed by atoms with Crippen LogP contribution in [0.4, 0.5) is 0 Å². The number of benzene rings is 1. The lowest BCUT2D eigenvalue weighted by Gasteiger charge is -2.13. The van der Waals surface area contributed by atoms with Crippen LogP contribution >= 0.6 is 0 Å². The molecule has 1 aromatic carbocycles. The number of hydrogen-bond donors (Lipinski definition) is 1. The summed E-state index contributed by atoms with van der Waals surface area (Å²) in [6.45, 7) is 0.699. The predicted octanol–water partition coefficient (Wildman–Crippen LogP) is 2.34. The van der Waals surface area contributed by atoms with Gasteiger partial charge in [-0.15, -0.1) is 0 Å². The van der Waals surface area contributed by atoms with Gasteiger partial charge in [-0.1, -0.05) is 18.2 Å². The number of carbonyl (C=O) groups excluding carboxylic acids is 1. The van der Waals surface area contributed by atoms with Crippen molar-refractivity contribution >= 4 is 22.4 Å². The number of hydrogen-bond acceptors (Lipinski definition) is 3. The molecule has 0 fully saturated rings. The highest BCUT2D eigenvalue weighted by molar-refractivity contribution is 6.01. The average Bonchev–Trinajstić information content (AvgIpc) is 2.72. The summed E-state index contributed by atoms with van der Waals surface area (Å²) in [6, 6.07) is 7.82. The Kier molecular flexibility index (Phi) is 2.03. The molecule has 2 aromatic rings. The molecule has 2 heterocycles. The molecule has 0 unspecified atom stereocenters. The van der Waals surface area contributed by atoms with E-state index >= 15 is 0 Å². The fraction of sp³-hybridized carbons (Fsp3) is 0.154. The Hall–Kier alpha value is -2.03. The number of allylic oxidation sites excluding steroid dienone is 1.